The minimum absolute atomic E-state index is 0.259. The van der Waals surface area contributed by atoms with Crippen LogP contribution in [0.25, 0.3) is 0 Å². The summed E-state index contributed by atoms with van der Waals surface area (Å²) in [5.74, 6) is 1.32. The molecule has 0 aromatic heterocycles. The van der Waals surface area contributed by atoms with Gasteiger partial charge >= 0.3 is 12.0 Å². The van der Waals surface area contributed by atoms with E-state index < -0.39 is 12.0 Å². The highest BCUT2D eigenvalue weighted by atomic mass is 35.5. The van der Waals surface area contributed by atoms with E-state index in [1.165, 1.54) is 4.90 Å². The number of halogens is 1. The summed E-state index contributed by atoms with van der Waals surface area (Å²) in [6.45, 7) is 4.15. The standard InChI is InChI=1S/C17H21ClN2O3S/c1-4-24-10-9-23-16(21)14-11(2)20(3)17(22)19-15(14)12-5-7-13(18)8-6-12/h5-8,15H,4,9-10H2,1-3H3,(H,19,22)/t15-/m1/s1. The van der Waals surface area contributed by atoms with Gasteiger partial charge in [0.2, 0.25) is 0 Å². The maximum atomic E-state index is 12.6. The zero-order valence-electron chi connectivity index (χ0n) is 14.0. The van der Waals surface area contributed by atoms with E-state index in [9.17, 15) is 9.59 Å². The van der Waals surface area contributed by atoms with Gasteiger partial charge in [0, 0.05) is 23.5 Å². The van der Waals surface area contributed by atoms with Gasteiger partial charge in [-0.15, -0.1) is 0 Å². The third kappa shape index (κ3) is 4.24. The number of carbonyl (C=O) groups excluding carboxylic acids is 2. The Morgan fingerprint density at radius 1 is 1.38 bits per heavy atom. The number of nitrogens with one attached hydrogen (secondary N) is 1. The van der Waals surface area contributed by atoms with Gasteiger partial charge in [0.15, 0.2) is 0 Å². The minimum atomic E-state index is -0.544. The molecule has 5 nitrogen and oxygen atoms in total. The number of esters is 1. The molecule has 24 heavy (non-hydrogen) atoms. The molecule has 1 aliphatic heterocycles. The number of allylic oxidation sites excluding steroid dienone is 1. The van der Waals surface area contributed by atoms with Gasteiger partial charge in [-0.2, -0.15) is 11.8 Å². The van der Waals surface area contributed by atoms with E-state index in [2.05, 4.69) is 12.2 Å². The fourth-order valence-corrected chi connectivity index (χ4v) is 3.04. The number of benzene rings is 1. The van der Waals surface area contributed by atoms with Crippen molar-refractivity contribution < 1.29 is 14.3 Å². The SMILES string of the molecule is CCSCCOC(=O)C1=C(C)N(C)C(=O)N[C@@H]1c1ccc(Cl)cc1. The van der Waals surface area contributed by atoms with Crippen molar-refractivity contribution in [2.75, 3.05) is 25.2 Å². The molecular weight excluding hydrogens is 348 g/mol. The molecule has 1 heterocycles. The summed E-state index contributed by atoms with van der Waals surface area (Å²) >= 11 is 7.64. The zero-order chi connectivity index (χ0) is 17.7. The molecule has 1 aromatic carbocycles. The summed E-state index contributed by atoms with van der Waals surface area (Å²) in [7, 11) is 1.63. The predicted molar refractivity (Wildman–Crippen MR) is 97.1 cm³/mol. The van der Waals surface area contributed by atoms with E-state index in [0.717, 1.165) is 17.1 Å². The van der Waals surface area contributed by atoms with Crippen LogP contribution in [0.3, 0.4) is 0 Å². The highest BCUT2D eigenvalue weighted by molar-refractivity contribution is 7.99. The fraction of sp³-hybridized carbons (Fsp3) is 0.412. The van der Waals surface area contributed by atoms with Crippen molar-refractivity contribution in [3.05, 3.63) is 46.1 Å². The lowest BCUT2D eigenvalue weighted by molar-refractivity contribution is -0.139. The van der Waals surface area contributed by atoms with E-state index >= 15 is 0 Å². The predicted octanol–water partition coefficient (Wildman–Crippen LogP) is 3.61. The lowest BCUT2D eigenvalue weighted by atomic mass is 9.95. The van der Waals surface area contributed by atoms with E-state index in [0.29, 0.717) is 22.9 Å². The van der Waals surface area contributed by atoms with Gasteiger partial charge in [0.1, 0.15) is 6.61 Å². The van der Waals surface area contributed by atoms with Crippen LogP contribution < -0.4 is 5.32 Å². The van der Waals surface area contributed by atoms with Crippen LogP contribution in [0, 0.1) is 0 Å². The molecule has 0 saturated heterocycles. The monoisotopic (exact) mass is 368 g/mol. The van der Waals surface area contributed by atoms with Crippen molar-refractivity contribution in [3.63, 3.8) is 0 Å². The highest BCUT2D eigenvalue weighted by Crippen LogP contribution is 2.31. The zero-order valence-corrected chi connectivity index (χ0v) is 15.5. The Hall–Kier alpha value is -1.66. The first-order valence-corrected chi connectivity index (χ1v) is 9.24. The van der Waals surface area contributed by atoms with Crippen LogP contribution in [0.2, 0.25) is 5.02 Å². The van der Waals surface area contributed by atoms with Gasteiger partial charge in [-0.3, -0.25) is 0 Å². The molecule has 2 rings (SSSR count). The Labute approximate surface area is 151 Å². The molecule has 1 aliphatic rings. The molecule has 0 fully saturated rings. The Morgan fingerprint density at radius 3 is 2.67 bits per heavy atom. The molecule has 1 aromatic rings. The molecule has 7 heteroatoms. The third-order valence-electron chi connectivity index (χ3n) is 3.84. The number of hydrogen-bond acceptors (Lipinski definition) is 4. The topological polar surface area (TPSA) is 58.6 Å². The van der Waals surface area contributed by atoms with E-state index in [1.54, 1.807) is 50.0 Å². The van der Waals surface area contributed by atoms with Crippen LogP contribution in [0.15, 0.2) is 35.5 Å². The van der Waals surface area contributed by atoms with Gasteiger partial charge < -0.3 is 15.0 Å². The van der Waals surface area contributed by atoms with Crippen molar-refractivity contribution in [2.45, 2.75) is 19.9 Å². The summed E-state index contributed by atoms with van der Waals surface area (Å²) in [6.07, 6.45) is 0. The molecule has 0 unspecified atom stereocenters. The minimum Gasteiger partial charge on any atom is -0.461 e. The lowest BCUT2D eigenvalue weighted by Crippen LogP contribution is -2.46. The second kappa shape index (κ2) is 8.44. The van der Waals surface area contributed by atoms with Crippen molar-refractivity contribution >= 4 is 35.4 Å². The van der Waals surface area contributed by atoms with Crippen molar-refractivity contribution in [3.8, 4) is 0 Å². The smallest absolute Gasteiger partial charge is 0.338 e. The van der Waals surface area contributed by atoms with Crippen LogP contribution in [0.1, 0.15) is 25.5 Å². The number of nitrogens with zero attached hydrogens (tertiary/aromatic N) is 1. The molecule has 0 radical (unpaired) electrons. The molecular formula is C17H21ClN2O3S. The molecule has 1 N–H and O–H groups in total. The summed E-state index contributed by atoms with van der Waals surface area (Å²) in [5, 5.41) is 3.44. The van der Waals surface area contributed by atoms with Crippen LogP contribution in [0.4, 0.5) is 4.79 Å². The second-order valence-corrected chi connectivity index (χ2v) is 7.16. The van der Waals surface area contributed by atoms with Gasteiger partial charge in [-0.1, -0.05) is 30.7 Å². The lowest BCUT2D eigenvalue weighted by Gasteiger charge is -2.33. The largest absolute Gasteiger partial charge is 0.461 e. The number of hydrogen-bond donors (Lipinski definition) is 1. The first kappa shape index (κ1) is 18.7. The van der Waals surface area contributed by atoms with E-state index in [4.69, 9.17) is 16.3 Å². The van der Waals surface area contributed by atoms with E-state index in [1.807, 2.05) is 0 Å². The Balaban J connectivity index is 2.28. The number of amides is 2. The molecule has 1 atom stereocenters. The number of carbonyl (C=O) groups is 2. The van der Waals surface area contributed by atoms with Gasteiger partial charge in [0.25, 0.3) is 0 Å². The number of ether oxygens (including phenoxy) is 1. The summed E-state index contributed by atoms with van der Waals surface area (Å²) in [5.41, 5.74) is 1.82. The molecule has 0 saturated carbocycles. The molecule has 0 bridgehead atoms. The Morgan fingerprint density at radius 2 is 2.04 bits per heavy atom. The first-order valence-electron chi connectivity index (χ1n) is 7.71. The molecule has 0 spiro atoms. The number of rotatable bonds is 6. The Bertz CT molecular complexity index is 646. The van der Waals surface area contributed by atoms with Crippen molar-refractivity contribution in [1.82, 2.24) is 10.2 Å². The van der Waals surface area contributed by atoms with Gasteiger partial charge in [0.05, 0.1) is 11.6 Å². The fourth-order valence-electron chi connectivity index (χ4n) is 2.42. The summed E-state index contributed by atoms with van der Waals surface area (Å²) in [4.78, 5) is 26.1. The van der Waals surface area contributed by atoms with Crippen LogP contribution in [-0.4, -0.2) is 42.1 Å². The average molecular weight is 369 g/mol. The van der Waals surface area contributed by atoms with E-state index in [-0.39, 0.29) is 6.03 Å². The van der Waals surface area contributed by atoms with Crippen molar-refractivity contribution in [2.24, 2.45) is 0 Å². The Kier molecular flexibility index (Phi) is 6.57. The summed E-state index contributed by atoms with van der Waals surface area (Å²) in [6, 6.07) is 6.26. The van der Waals surface area contributed by atoms with Gasteiger partial charge in [-0.25, -0.2) is 9.59 Å². The highest BCUT2D eigenvalue weighted by Gasteiger charge is 2.34. The van der Waals surface area contributed by atoms with Crippen LogP contribution >= 0.6 is 23.4 Å². The van der Waals surface area contributed by atoms with Crippen molar-refractivity contribution in [1.29, 1.82) is 0 Å². The average Bonchev–Trinajstić information content (AvgIpc) is 2.57. The van der Waals surface area contributed by atoms with Gasteiger partial charge in [-0.05, 0) is 30.4 Å². The first-order chi connectivity index (χ1) is 11.5. The second-order valence-electron chi connectivity index (χ2n) is 5.32. The molecule has 2 amide bonds. The third-order valence-corrected chi connectivity index (χ3v) is 4.96. The maximum Gasteiger partial charge on any atom is 0.338 e. The summed E-state index contributed by atoms with van der Waals surface area (Å²) < 4.78 is 5.39. The quantitative estimate of drug-likeness (QED) is 0.615. The number of urea groups is 1. The van der Waals surface area contributed by atoms with Crippen LogP contribution in [-0.2, 0) is 9.53 Å². The van der Waals surface area contributed by atoms with Crippen LogP contribution in [0.5, 0.6) is 0 Å². The molecule has 0 aliphatic carbocycles. The normalized spacial score (nSPS) is 17.8. The number of thioether (sulfide) groups is 1. The molecule has 130 valence electrons. The maximum absolute atomic E-state index is 12.6.